The van der Waals surface area contributed by atoms with Crippen molar-refractivity contribution in [1.82, 2.24) is 29.6 Å². The third-order valence-corrected chi connectivity index (χ3v) is 8.78. The first kappa shape index (κ1) is 27.6. The van der Waals surface area contributed by atoms with Crippen molar-refractivity contribution >= 4 is 46.2 Å². The van der Waals surface area contributed by atoms with Crippen molar-refractivity contribution in [2.75, 3.05) is 25.4 Å². The molecular formula is C30H35ClN6OS. The van der Waals surface area contributed by atoms with E-state index in [9.17, 15) is 0 Å². The summed E-state index contributed by atoms with van der Waals surface area (Å²) in [4.78, 5) is 11.9. The Hall–Kier alpha value is -2.94. The molecule has 0 bridgehead atoms. The van der Waals surface area contributed by atoms with Crippen LogP contribution in [0.2, 0.25) is 0 Å². The van der Waals surface area contributed by atoms with Crippen LogP contribution in [0.4, 0.5) is 0 Å². The molecule has 4 heterocycles. The Morgan fingerprint density at radius 3 is 2.67 bits per heavy atom. The lowest BCUT2D eigenvalue weighted by molar-refractivity contribution is 0.283. The van der Waals surface area contributed by atoms with Crippen molar-refractivity contribution in [2.24, 2.45) is 7.05 Å². The highest BCUT2D eigenvalue weighted by Gasteiger charge is 2.20. The second kappa shape index (κ2) is 11.7. The maximum absolute atomic E-state index is 5.88. The van der Waals surface area contributed by atoms with Gasteiger partial charge in [-0.2, -0.15) is 0 Å². The number of rotatable bonds is 7. The number of pyridine rings is 1. The van der Waals surface area contributed by atoms with Gasteiger partial charge in [0.2, 0.25) is 0 Å². The van der Waals surface area contributed by atoms with E-state index in [-0.39, 0.29) is 12.4 Å². The molecule has 0 N–H and O–H groups in total. The molecule has 0 amide bonds. The van der Waals surface area contributed by atoms with E-state index in [0.29, 0.717) is 0 Å². The van der Waals surface area contributed by atoms with Crippen LogP contribution in [0.25, 0.3) is 33.4 Å². The number of thioether (sulfide) groups is 1. The maximum atomic E-state index is 5.88. The summed E-state index contributed by atoms with van der Waals surface area (Å²) >= 11 is 1.79. The minimum atomic E-state index is 0. The monoisotopic (exact) mass is 562 g/mol. The van der Waals surface area contributed by atoms with Crippen LogP contribution in [-0.2, 0) is 19.9 Å². The van der Waals surface area contributed by atoms with Crippen LogP contribution in [0.3, 0.4) is 0 Å². The van der Waals surface area contributed by atoms with Gasteiger partial charge in [0.15, 0.2) is 22.5 Å². The number of benzene rings is 2. The van der Waals surface area contributed by atoms with E-state index in [1.807, 2.05) is 19.9 Å². The van der Waals surface area contributed by atoms with E-state index in [0.717, 1.165) is 94.8 Å². The van der Waals surface area contributed by atoms with Crippen molar-refractivity contribution in [3.63, 3.8) is 0 Å². The summed E-state index contributed by atoms with van der Waals surface area (Å²) in [6.45, 7) is 9.48. The average molecular weight is 563 g/mol. The molecule has 9 heteroatoms. The second-order valence-corrected chi connectivity index (χ2v) is 11.4. The lowest BCUT2D eigenvalue weighted by Gasteiger charge is -2.19. The first-order valence-electron chi connectivity index (χ1n) is 13.5. The van der Waals surface area contributed by atoms with Gasteiger partial charge >= 0.3 is 0 Å². The minimum Gasteiger partial charge on any atom is -0.441 e. The van der Waals surface area contributed by atoms with Gasteiger partial charge in [0, 0.05) is 49.5 Å². The number of hydrogen-bond donors (Lipinski definition) is 0. The van der Waals surface area contributed by atoms with Gasteiger partial charge in [-0.1, -0.05) is 30.0 Å². The van der Waals surface area contributed by atoms with Crippen LogP contribution in [-0.4, -0.2) is 55.0 Å². The Bertz CT molecular complexity index is 1630. The highest BCUT2D eigenvalue weighted by atomic mass is 35.5. The van der Waals surface area contributed by atoms with E-state index < -0.39 is 0 Å². The first-order chi connectivity index (χ1) is 18.5. The molecule has 1 aliphatic rings. The maximum Gasteiger partial charge on any atom is 0.192 e. The molecule has 204 valence electrons. The number of aryl methyl sites for hydroxylation is 3. The Balaban J connectivity index is 0.00000308. The lowest BCUT2D eigenvalue weighted by Crippen LogP contribution is -2.27. The lowest BCUT2D eigenvalue weighted by atomic mass is 9.97. The first-order valence-corrected chi connectivity index (χ1v) is 14.5. The fourth-order valence-electron chi connectivity index (χ4n) is 5.62. The van der Waals surface area contributed by atoms with Gasteiger partial charge in [0.25, 0.3) is 0 Å². The van der Waals surface area contributed by atoms with E-state index in [2.05, 4.69) is 73.9 Å². The quantitative estimate of drug-likeness (QED) is 0.166. The van der Waals surface area contributed by atoms with Crippen LogP contribution in [0.5, 0.6) is 0 Å². The summed E-state index contributed by atoms with van der Waals surface area (Å²) < 4.78 is 7.99. The highest BCUT2D eigenvalue weighted by Crippen LogP contribution is 2.30. The van der Waals surface area contributed by atoms with Crippen LogP contribution in [0.15, 0.2) is 46.0 Å². The molecule has 0 radical (unpaired) electrons. The molecule has 39 heavy (non-hydrogen) atoms. The predicted octanol–water partition coefficient (Wildman–Crippen LogP) is 6.49. The Labute approximate surface area is 239 Å². The fourth-order valence-corrected chi connectivity index (χ4v) is 6.53. The smallest absolute Gasteiger partial charge is 0.192 e. The SMILES string of the molecule is Cc1ccc2c(-c3nnc(SCCCCN4CCc5cc6nc(C)oc6c(C)c5CC4)n3C)cccc2n1.Cl. The number of hydrogen-bond acceptors (Lipinski definition) is 7. The Kier molecular flexibility index (Phi) is 8.26. The number of oxazole rings is 1. The summed E-state index contributed by atoms with van der Waals surface area (Å²) in [6, 6.07) is 12.6. The number of halogens is 1. The molecule has 0 fully saturated rings. The summed E-state index contributed by atoms with van der Waals surface area (Å²) in [6.07, 6.45) is 4.50. The molecule has 2 aromatic carbocycles. The molecule has 5 aromatic rings. The van der Waals surface area contributed by atoms with E-state index in [4.69, 9.17) is 4.42 Å². The fraction of sp³-hybridized carbons (Fsp3) is 0.400. The third-order valence-electron chi connectivity index (χ3n) is 7.67. The molecule has 0 saturated carbocycles. The van der Waals surface area contributed by atoms with Gasteiger partial charge in [-0.25, -0.2) is 4.98 Å². The van der Waals surface area contributed by atoms with Gasteiger partial charge in [0.05, 0.1) is 5.52 Å². The highest BCUT2D eigenvalue weighted by molar-refractivity contribution is 7.99. The normalized spacial score (nSPS) is 13.9. The zero-order valence-electron chi connectivity index (χ0n) is 23.0. The zero-order valence-corrected chi connectivity index (χ0v) is 24.7. The van der Waals surface area contributed by atoms with E-state index in [1.54, 1.807) is 11.8 Å². The molecule has 0 spiro atoms. The van der Waals surface area contributed by atoms with E-state index in [1.165, 1.54) is 23.1 Å². The molecule has 3 aromatic heterocycles. The van der Waals surface area contributed by atoms with Crippen molar-refractivity contribution in [3.05, 3.63) is 64.7 Å². The molecule has 6 rings (SSSR count). The topological polar surface area (TPSA) is 72.9 Å². The van der Waals surface area contributed by atoms with Crippen LogP contribution < -0.4 is 0 Å². The third kappa shape index (κ3) is 5.55. The van der Waals surface area contributed by atoms with Crippen LogP contribution in [0.1, 0.15) is 41.1 Å². The van der Waals surface area contributed by atoms with Crippen LogP contribution in [0, 0.1) is 20.8 Å². The predicted molar refractivity (Wildman–Crippen MR) is 161 cm³/mol. The average Bonchev–Trinajstić information content (AvgIpc) is 3.39. The molecule has 0 aliphatic carbocycles. The van der Waals surface area contributed by atoms with Crippen molar-refractivity contribution in [3.8, 4) is 11.4 Å². The molecule has 0 atom stereocenters. The number of unbranched alkanes of at least 4 members (excludes halogenated alkanes) is 1. The zero-order chi connectivity index (χ0) is 26.2. The summed E-state index contributed by atoms with van der Waals surface area (Å²) in [5.41, 5.74) is 9.23. The molecule has 7 nitrogen and oxygen atoms in total. The standard InChI is InChI=1S/C30H34N6OS.ClH/c1-19-10-11-24-25(8-7-9-26(24)31-19)29-33-34-30(35(29)4)38-17-6-5-14-36-15-12-22-18-27-28(37-21(3)32-27)20(2)23(22)13-16-36;/h7-11,18H,5-6,12-17H2,1-4H3;1H. The molecule has 1 aliphatic heterocycles. The van der Waals surface area contributed by atoms with Gasteiger partial charge < -0.3 is 13.9 Å². The minimum absolute atomic E-state index is 0. The number of fused-ring (bicyclic) bond motifs is 3. The number of aromatic nitrogens is 5. The van der Waals surface area contributed by atoms with Crippen molar-refractivity contribution in [1.29, 1.82) is 0 Å². The van der Waals surface area contributed by atoms with Gasteiger partial charge in [-0.15, -0.1) is 22.6 Å². The molecule has 0 unspecified atom stereocenters. The Morgan fingerprint density at radius 1 is 0.949 bits per heavy atom. The molecular weight excluding hydrogens is 528 g/mol. The number of nitrogens with zero attached hydrogens (tertiary/aromatic N) is 6. The summed E-state index contributed by atoms with van der Waals surface area (Å²) in [7, 11) is 2.06. The molecule has 0 saturated heterocycles. The van der Waals surface area contributed by atoms with Gasteiger partial charge in [-0.3, -0.25) is 4.98 Å². The van der Waals surface area contributed by atoms with E-state index >= 15 is 0 Å². The van der Waals surface area contributed by atoms with Gasteiger partial charge in [-0.05, 0) is 81.0 Å². The Morgan fingerprint density at radius 2 is 1.79 bits per heavy atom. The second-order valence-electron chi connectivity index (χ2n) is 10.3. The van der Waals surface area contributed by atoms with Crippen molar-refractivity contribution < 1.29 is 4.42 Å². The summed E-state index contributed by atoms with van der Waals surface area (Å²) in [5, 5.41) is 11.1. The van der Waals surface area contributed by atoms with Gasteiger partial charge in [0.1, 0.15) is 5.52 Å². The summed E-state index contributed by atoms with van der Waals surface area (Å²) in [5.74, 6) is 2.68. The van der Waals surface area contributed by atoms with Crippen LogP contribution >= 0.6 is 24.2 Å². The largest absolute Gasteiger partial charge is 0.441 e. The van der Waals surface area contributed by atoms with Crippen molar-refractivity contribution in [2.45, 2.75) is 51.6 Å².